The van der Waals surface area contributed by atoms with Gasteiger partial charge < -0.3 is 24.1 Å². The fourth-order valence-electron chi connectivity index (χ4n) is 2.75. The Hall–Kier alpha value is -3.27. The van der Waals surface area contributed by atoms with Crippen molar-refractivity contribution in [3.8, 4) is 17.2 Å². The molecule has 0 spiro atoms. The number of anilines is 1. The molecule has 1 amide bonds. The Balaban J connectivity index is 1.59. The minimum atomic E-state index is -0.326. The summed E-state index contributed by atoms with van der Waals surface area (Å²) < 4.78 is 31.0. The lowest BCUT2D eigenvalue weighted by Gasteiger charge is -2.12. The fourth-order valence-corrected chi connectivity index (χ4v) is 3.57. The Morgan fingerprint density at radius 1 is 1.10 bits per heavy atom. The highest BCUT2D eigenvalue weighted by Gasteiger charge is 2.15. The van der Waals surface area contributed by atoms with Crippen LogP contribution in [0.4, 0.5) is 10.1 Å². The monoisotopic (exact) mass is 446 g/mol. The Morgan fingerprint density at radius 3 is 2.52 bits per heavy atom. The largest absolute Gasteiger partial charge is 0.497 e. The van der Waals surface area contributed by atoms with Crippen molar-refractivity contribution in [2.24, 2.45) is 0 Å². The van der Waals surface area contributed by atoms with E-state index < -0.39 is 0 Å². The molecule has 8 nitrogen and oxygen atoms in total. The van der Waals surface area contributed by atoms with Gasteiger partial charge in [-0.2, -0.15) is 0 Å². The van der Waals surface area contributed by atoms with Crippen molar-refractivity contribution in [3.05, 3.63) is 54.1 Å². The highest BCUT2D eigenvalue weighted by atomic mass is 32.2. The van der Waals surface area contributed by atoms with Gasteiger partial charge in [0.1, 0.15) is 29.7 Å². The maximum atomic E-state index is 13.0. The van der Waals surface area contributed by atoms with E-state index in [0.717, 1.165) is 0 Å². The molecule has 2 aromatic carbocycles. The molecule has 1 heterocycles. The Morgan fingerprint density at radius 2 is 1.84 bits per heavy atom. The molecule has 0 aliphatic heterocycles. The number of carbonyl (C=O) groups excluding carboxylic acids is 1. The molecule has 164 valence electrons. The molecule has 10 heteroatoms. The van der Waals surface area contributed by atoms with Gasteiger partial charge in [-0.25, -0.2) is 4.39 Å². The van der Waals surface area contributed by atoms with Crippen LogP contribution in [0.5, 0.6) is 17.2 Å². The number of nitrogens with one attached hydrogen (secondary N) is 1. The Labute approximate surface area is 183 Å². The minimum absolute atomic E-state index is 0.145. The first-order valence-electron chi connectivity index (χ1n) is 9.49. The van der Waals surface area contributed by atoms with Crippen LogP contribution in [0, 0.1) is 5.82 Å². The number of halogens is 1. The molecule has 0 aliphatic carbocycles. The lowest BCUT2D eigenvalue weighted by atomic mass is 10.2. The number of aromatic nitrogens is 3. The second kappa shape index (κ2) is 10.7. The lowest BCUT2D eigenvalue weighted by Crippen LogP contribution is -2.15. The molecule has 1 aromatic heterocycles. The van der Waals surface area contributed by atoms with Crippen LogP contribution < -0.4 is 19.5 Å². The van der Waals surface area contributed by atoms with Crippen LogP contribution in [0.2, 0.25) is 0 Å². The van der Waals surface area contributed by atoms with Gasteiger partial charge in [0.15, 0.2) is 11.0 Å². The molecule has 0 bridgehead atoms. The van der Waals surface area contributed by atoms with E-state index in [2.05, 4.69) is 15.5 Å². The number of hydrogen-bond acceptors (Lipinski definition) is 7. The van der Waals surface area contributed by atoms with Gasteiger partial charge in [0.25, 0.3) is 0 Å². The van der Waals surface area contributed by atoms with E-state index in [9.17, 15) is 9.18 Å². The molecule has 1 N–H and O–H groups in total. The predicted molar refractivity (Wildman–Crippen MR) is 115 cm³/mol. The van der Waals surface area contributed by atoms with Crippen LogP contribution in [0.3, 0.4) is 0 Å². The van der Waals surface area contributed by atoms with Crippen LogP contribution in [0.1, 0.15) is 12.7 Å². The third-order valence-electron chi connectivity index (χ3n) is 4.31. The van der Waals surface area contributed by atoms with Gasteiger partial charge in [0.05, 0.1) is 25.7 Å². The Kier molecular flexibility index (Phi) is 7.71. The van der Waals surface area contributed by atoms with Gasteiger partial charge in [-0.05, 0) is 43.3 Å². The van der Waals surface area contributed by atoms with Crippen LogP contribution in [0.25, 0.3) is 0 Å². The first kappa shape index (κ1) is 22.4. The van der Waals surface area contributed by atoms with Crippen molar-refractivity contribution < 1.29 is 23.4 Å². The van der Waals surface area contributed by atoms with Crippen molar-refractivity contribution in [2.75, 3.05) is 25.3 Å². The second-order valence-electron chi connectivity index (χ2n) is 6.29. The molecule has 0 saturated carbocycles. The smallest absolute Gasteiger partial charge is 0.234 e. The van der Waals surface area contributed by atoms with E-state index in [0.29, 0.717) is 40.5 Å². The summed E-state index contributed by atoms with van der Waals surface area (Å²) in [7, 11) is 3.09. The van der Waals surface area contributed by atoms with Crippen LogP contribution >= 0.6 is 11.8 Å². The number of carbonyl (C=O) groups is 1. The lowest BCUT2D eigenvalue weighted by molar-refractivity contribution is -0.113. The molecule has 0 unspecified atom stereocenters. The van der Waals surface area contributed by atoms with Gasteiger partial charge in [-0.3, -0.25) is 4.79 Å². The highest BCUT2D eigenvalue weighted by Crippen LogP contribution is 2.29. The number of methoxy groups -OCH3 is 2. The summed E-state index contributed by atoms with van der Waals surface area (Å²) >= 11 is 1.27. The normalized spacial score (nSPS) is 10.6. The van der Waals surface area contributed by atoms with E-state index in [1.54, 1.807) is 37.4 Å². The fraction of sp³-hybridized carbons (Fsp3) is 0.286. The SMILES string of the molecule is CCn1c(COc2ccc(F)cc2)nnc1SCC(=O)Nc1ccc(OC)cc1OC. The predicted octanol–water partition coefficient (Wildman–Crippen LogP) is 3.76. The van der Waals surface area contributed by atoms with Gasteiger partial charge in [-0.1, -0.05) is 11.8 Å². The topological polar surface area (TPSA) is 87.5 Å². The zero-order valence-electron chi connectivity index (χ0n) is 17.4. The number of thioether (sulfide) groups is 1. The van der Waals surface area contributed by atoms with Crippen LogP contribution in [0.15, 0.2) is 47.6 Å². The molecule has 0 radical (unpaired) electrons. The molecular formula is C21H23FN4O4S. The van der Waals surface area contributed by atoms with Gasteiger partial charge in [0.2, 0.25) is 5.91 Å². The summed E-state index contributed by atoms with van der Waals surface area (Å²) in [5.41, 5.74) is 0.555. The molecule has 0 fully saturated rings. The number of benzene rings is 2. The standard InChI is InChI=1S/C21H23FN4O4S/c1-4-26-19(12-30-15-7-5-14(22)6-8-15)24-25-21(26)31-13-20(27)23-17-10-9-16(28-2)11-18(17)29-3/h5-11H,4,12-13H2,1-3H3,(H,23,27). The van der Waals surface area contributed by atoms with Gasteiger partial charge in [0, 0.05) is 12.6 Å². The summed E-state index contributed by atoms with van der Waals surface area (Å²) in [4.78, 5) is 12.4. The Bertz CT molecular complexity index is 1030. The zero-order chi connectivity index (χ0) is 22.2. The van der Waals surface area contributed by atoms with Crippen LogP contribution in [-0.2, 0) is 17.9 Å². The summed E-state index contributed by atoms with van der Waals surface area (Å²) in [5.74, 6) is 1.91. The van der Waals surface area contributed by atoms with E-state index >= 15 is 0 Å². The maximum Gasteiger partial charge on any atom is 0.234 e. The molecule has 0 aliphatic rings. The summed E-state index contributed by atoms with van der Waals surface area (Å²) in [6, 6.07) is 10.9. The number of nitrogens with zero attached hydrogens (tertiary/aromatic N) is 3. The molecule has 0 saturated heterocycles. The third-order valence-corrected chi connectivity index (χ3v) is 5.27. The van der Waals surface area contributed by atoms with Crippen molar-refractivity contribution in [1.82, 2.24) is 14.8 Å². The first-order chi connectivity index (χ1) is 15.0. The van der Waals surface area contributed by atoms with Crippen molar-refractivity contribution >= 4 is 23.4 Å². The zero-order valence-corrected chi connectivity index (χ0v) is 18.2. The van der Waals surface area contributed by atoms with Gasteiger partial charge in [-0.15, -0.1) is 10.2 Å². The average Bonchev–Trinajstić information content (AvgIpc) is 3.19. The second-order valence-corrected chi connectivity index (χ2v) is 7.23. The maximum absolute atomic E-state index is 13.0. The number of ether oxygens (including phenoxy) is 3. The van der Waals surface area contributed by atoms with E-state index in [1.807, 2.05) is 11.5 Å². The van der Waals surface area contributed by atoms with E-state index in [-0.39, 0.29) is 24.1 Å². The highest BCUT2D eigenvalue weighted by molar-refractivity contribution is 7.99. The molecule has 3 aromatic rings. The van der Waals surface area contributed by atoms with Crippen molar-refractivity contribution in [2.45, 2.75) is 25.2 Å². The molecule has 31 heavy (non-hydrogen) atoms. The van der Waals surface area contributed by atoms with E-state index in [1.165, 1.54) is 31.0 Å². The third kappa shape index (κ3) is 5.88. The summed E-state index contributed by atoms with van der Waals surface area (Å²) in [6.45, 7) is 2.75. The van der Waals surface area contributed by atoms with E-state index in [4.69, 9.17) is 14.2 Å². The number of rotatable bonds is 10. The quantitative estimate of drug-likeness (QED) is 0.475. The number of amides is 1. The van der Waals surface area contributed by atoms with Gasteiger partial charge >= 0.3 is 0 Å². The van der Waals surface area contributed by atoms with Crippen LogP contribution in [-0.4, -0.2) is 40.6 Å². The summed E-state index contributed by atoms with van der Waals surface area (Å²) in [6.07, 6.45) is 0. The number of hydrogen-bond donors (Lipinski definition) is 1. The minimum Gasteiger partial charge on any atom is -0.497 e. The van der Waals surface area contributed by atoms with Crippen molar-refractivity contribution in [1.29, 1.82) is 0 Å². The summed E-state index contributed by atoms with van der Waals surface area (Å²) in [5, 5.41) is 11.8. The molecular weight excluding hydrogens is 423 g/mol. The first-order valence-corrected chi connectivity index (χ1v) is 10.5. The molecule has 0 atom stereocenters. The molecule has 3 rings (SSSR count). The van der Waals surface area contributed by atoms with Crippen molar-refractivity contribution in [3.63, 3.8) is 0 Å². The average molecular weight is 447 g/mol.